The van der Waals surface area contributed by atoms with Crippen LogP contribution in [0.15, 0.2) is 54.6 Å². The molecule has 37 heavy (non-hydrogen) atoms. The number of rotatable bonds is 8. The summed E-state index contributed by atoms with van der Waals surface area (Å²) in [5, 5.41) is 22.4. The predicted molar refractivity (Wildman–Crippen MR) is 133 cm³/mol. The number of amides is 1. The van der Waals surface area contributed by atoms with Crippen molar-refractivity contribution in [2.75, 3.05) is 27.4 Å². The average Bonchev–Trinajstić information content (AvgIpc) is 2.90. The van der Waals surface area contributed by atoms with Gasteiger partial charge in [0, 0.05) is 35.9 Å². The molecule has 0 aromatic heterocycles. The molecule has 0 fully saturated rings. The molecule has 0 bridgehead atoms. The van der Waals surface area contributed by atoms with E-state index in [1.54, 1.807) is 31.1 Å². The Kier molecular flexibility index (Phi) is 7.23. The summed E-state index contributed by atoms with van der Waals surface area (Å²) in [5.74, 6) is 1.09. The van der Waals surface area contributed by atoms with Crippen molar-refractivity contribution in [3.05, 3.63) is 97.1 Å². The van der Waals surface area contributed by atoms with Gasteiger partial charge in [0.2, 0.25) is 0 Å². The smallest absolute Gasteiger partial charge is 0.273 e. The molecule has 3 aromatic carbocycles. The van der Waals surface area contributed by atoms with Gasteiger partial charge in [-0.2, -0.15) is 0 Å². The first-order chi connectivity index (χ1) is 17.7. The van der Waals surface area contributed by atoms with E-state index in [2.05, 4.69) is 0 Å². The van der Waals surface area contributed by atoms with Crippen LogP contribution < -0.4 is 14.2 Å². The molecule has 0 saturated carbocycles. The number of benzene rings is 3. The highest BCUT2D eigenvalue weighted by atomic mass is 16.6. The van der Waals surface area contributed by atoms with Gasteiger partial charge in [0.25, 0.3) is 17.3 Å². The molecule has 0 spiro atoms. The highest BCUT2D eigenvalue weighted by Gasteiger charge is 2.34. The molecule has 0 saturated heterocycles. The molecule has 0 radical (unpaired) electrons. The van der Waals surface area contributed by atoms with Crippen molar-refractivity contribution >= 4 is 17.3 Å². The third kappa shape index (κ3) is 5.01. The van der Waals surface area contributed by atoms with E-state index < -0.39 is 15.9 Å². The van der Waals surface area contributed by atoms with Gasteiger partial charge in [0.15, 0.2) is 11.5 Å². The first-order valence-electron chi connectivity index (χ1n) is 11.4. The molecule has 0 N–H and O–H groups in total. The zero-order valence-electron chi connectivity index (χ0n) is 20.5. The van der Waals surface area contributed by atoms with Crippen LogP contribution in [0.5, 0.6) is 17.2 Å². The largest absolute Gasteiger partial charge is 0.493 e. The number of nitro benzene ring substituents is 2. The maximum atomic E-state index is 13.7. The molecular weight excluding hydrogens is 482 g/mol. The molecule has 3 aromatic rings. The van der Waals surface area contributed by atoms with Gasteiger partial charge in [-0.1, -0.05) is 6.07 Å². The van der Waals surface area contributed by atoms with Gasteiger partial charge >= 0.3 is 0 Å². The SMILES string of the molecule is COc1cc2c(cc1OC)[C@@H](COc1ccc([N+](=O)[O-])cc1)N(C(=O)c1cccc([N+](=O)[O-])c1C)CC2. The zero-order chi connectivity index (χ0) is 26.7. The number of nitrogens with zero attached hydrogens (tertiary/aromatic N) is 3. The van der Waals surface area contributed by atoms with Crippen LogP contribution in [0.25, 0.3) is 0 Å². The first kappa shape index (κ1) is 25.4. The third-order valence-electron chi connectivity index (χ3n) is 6.45. The predicted octanol–water partition coefficient (Wildman–Crippen LogP) is 4.65. The summed E-state index contributed by atoms with van der Waals surface area (Å²) in [7, 11) is 3.06. The number of carbonyl (C=O) groups excluding carboxylic acids is 1. The van der Waals surface area contributed by atoms with Crippen molar-refractivity contribution in [3.8, 4) is 17.2 Å². The highest BCUT2D eigenvalue weighted by molar-refractivity contribution is 5.97. The number of carbonyl (C=O) groups is 1. The van der Waals surface area contributed by atoms with Crippen LogP contribution in [-0.2, 0) is 6.42 Å². The van der Waals surface area contributed by atoms with Crippen molar-refractivity contribution < 1.29 is 28.9 Å². The maximum absolute atomic E-state index is 13.7. The highest BCUT2D eigenvalue weighted by Crippen LogP contribution is 2.39. The van der Waals surface area contributed by atoms with Gasteiger partial charge in [-0.3, -0.25) is 25.0 Å². The number of non-ortho nitro benzene ring substituents is 1. The number of hydrogen-bond donors (Lipinski definition) is 0. The summed E-state index contributed by atoms with van der Waals surface area (Å²) in [5.41, 5.74) is 2.07. The normalized spacial score (nSPS) is 14.5. The summed E-state index contributed by atoms with van der Waals surface area (Å²) in [6, 6.07) is 13.2. The van der Waals surface area contributed by atoms with Crippen molar-refractivity contribution in [2.24, 2.45) is 0 Å². The van der Waals surface area contributed by atoms with Crippen LogP contribution in [0.2, 0.25) is 0 Å². The standard InChI is InChI=1S/C26H25N3O8/c1-16-20(5-4-6-22(16)29(33)34)26(30)27-12-11-17-13-24(35-2)25(36-3)14-21(17)23(27)15-37-19-9-7-18(8-10-19)28(31)32/h4-10,13-14,23H,11-12,15H2,1-3H3/t23-/m1/s1. The zero-order valence-corrected chi connectivity index (χ0v) is 20.5. The minimum atomic E-state index is -0.565. The van der Waals surface area contributed by atoms with Crippen LogP contribution in [-0.4, -0.2) is 48.0 Å². The second kappa shape index (κ2) is 10.5. The van der Waals surface area contributed by atoms with E-state index in [4.69, 9.17) is 14.2 Å². The first-order valence-corrected chi connectivity index (χ1v) is 11.4. The summed E-state index contributed by atoms with van der Waals surface area (Å²) in [4.78, 5) is 36.8. The summed E-state index contributed by atoms with van der Waals surface area (Å²) in [6.07, 6.45) is 0.531. The van der Waals surface area contributed by atoms with Gasteiger partial charge in [-0.15, -0.1) is 0 Å². The summed E-state index contributed by atoms with van der Waals surface area (Å²) in [6.45, 7) is 1.94. The Balaban J connectivity index is 1.72. The van der Waals surface area contributed by atoms with E-state index in [1.165, 1.54) is 43.5 Å². The number of methoxy groups -OCH3 is 2. The maximum Gasteiger partial charge on any atom is 0.273 e. The van der Waals surface area contributed by atoms with E-state index in [0.717, 1.165) is 11.1 Å². The van der Waals surface area contributed by atoms with E-state index in [0.29, 0.717) is 30.2 Å². The Morgan fingerprint density at radius 2 is 1.68 bits per heavy atom. The van der Waals surface area contributed by atoms with E-state index in [1.807, 2.05) is 6.07 Å². The number of nitro groups is 2. The van der Waals surface area contributed by atoms with Crippen molar-refractivity contribution in [2.45, 2.75) is 19.4 Å². The molecule has 1 amide bonds. The Bertz CT molecular complexity index is 1360. The minimum Gasteiger partial charge on any atom is -0.493 e. The van der Waals surface area contributed by atoms with Crippen LogP contribution >= 0.6 is 0 Å². The van der Waals surface area contributed by atoms with Gasteiger partial charge in [-0.25, -0.2) is 0 Å². The molecule has 192 valence electrons. The summed E-state index contributed by atoms with van der Waals surface area (Å²) < 4.78 is 16.9. The van der Waals surface area contributed by atoms with E-state index in [-0.39, 0.29) is 35.0 Å². The lowest BCUT2D eigenvalue weighted by atomic mass is 9.91. The quantitative estimate of drug-likeness (QED) is 0.318. The second-order valence-electron chi connectivity index (χ2n) is 8.44. The molecule has 11 heteroatoms. The van der Waals surface area contributed by atoms with Crippen LogP contribution in [0.3, 0.4) is 0 Å². The Hall–Kier alpha value is -4.67. The lowest BCUT2D eigenvalue weighted by molar-refractivity contribution is -0.385. The topological polar surface area (TPSA) is 134 Å². The van der Waals surface area contributed by atoms with Gasteiger partial charge in [0.1, 0.15) is 12.4 Å². The lowest BCUT2D eigenvalue weighted by Gasteiger charge is -2.38. The molecule has 1 aliphatic rings. The number of hydrogen-bond acceptors (Lipinski definition) is 8. The number of ether oxygens (including phenoxy) is 3. The monoisotopic (exact) mass is 507 g/mol. The Morgan fingerprint density at radius 1 is 1.00 bits per heavy atom. The number of fused-ring (bicyclic) bond motifs is 1. The molecule has 1 aliphatic heterocycles. The Morgan fingerprint density at radius 3 is 2.30 bits per heavy atom. The minimum absolute atomic E-state index is 0.0417. The van der Waals surface area contributed by atoms with Crippen molar-refractivity contribution in [1.29, 1.82) is 0 Å². The van der Waals surface area contributed by atoms with Gasteiger partial charge in [0.05, 0.1) is 30.1 Å². The van der Waals surface area contributed by atoms with Crippen LogP contribution in [0, 0.1) is 27.2 Å². The van der Waals surface area contributed by atoms with Crippen molar-refractivity contribution in [3.63, 3.8) is 0 Å². The molecule has 0 unspecified atom stereocenters. The van der Waals surface area contributed by atoms with Gasteiger partial charge < -0.3 is 19.1 Å². The van der Waals surface area contributed by atoms with E-state index in [9.17, 15) is 25.0 Å². The van der Waals surface area contributed by atoms with E-state index >= 15 is 0 Å². The van der Waals surface area contributed by atoms with Crippen molar-refractivity contribution in [1.82, 2.24) is 4.90 Å². The lowest BCUT2D eigenvalue weighted by Crippen LogP contribution is -2.42. The second-order valence-corrected chi connectivity index (χ2v) is 8.44. The third-order valence-corrected chi connectivity index (χ3v) is 6.45. The Labute approximate surface area is 212 Å². The van der Waals surface area contributed by atoms with Crippen LogP contribution in [0.1, 0.15) is 33.1 Å². The molecule has 1 heterocycles. The summed E-state index contributed by atoms with van der Waals surface area (Å²) >= 11 is 0. The molecule has 0 aliphatic carbocycles. The fourth-order valence-electron chi connectivity index (χ4n) is 4.50. The fourth-order valence-corrected chi connectivity index (χ4v) is 4.50. The molecular formula is C26H25N3O8. The molecule has 4 rings (SSSR count). The molecule has 11 nitrogen and oxygen atoms in total. The van der Waals surface area contributed by atoms with Crippen LogP contribution in [0.4, 0.5) is 11.4 Å². The molecule has 1 atom stereocenters. The average molecular weight is 507 g/mol. The van der Waals surface area contributed by atoms with Gasteiger partial charge in [-0.05, 0) is 54.8 Å². The fraction of sp³-hybridized carbons (Fsp3) is 0.269.